The standard InChI is InChI=1S/C14H18N4O3/c1-9-4-5-11(10(2)15-9)16-12(19)18-7-14(8-18)6-17(3)13(20)21-14/h4-5H,6-8H2,1-3H3,(H,16,19). The van der Waals surface area contributed by atoms with Crippen molar-refractivity contribution in [2.75, 3.05) is 32.0 Å². The van der Waals surface area contributed by atoms with Gasteiger partial charge in [-0.3, -0.25) is 4.98 Å². The number of aryl methyl sites for hydroxylation is 2. The van der Waals surface area contributed by atoms with Crippen molar-refractivity contribution in [3.8, 4) is 0 Å². The Kier molecular flexibility index (Phi) is 3.00. The predicted octanol–water partition coefficient (Wildman–Crippen LogP) is 1.37. The number of aromatic nitrogens is 1. The second-order valence-corrected chi connectivity index (χ2v) is 5.78. The van der Waals surface area contributed by atoms with Crippen LogP contribution in [0.1, 0.15) is 11.4 Å². The zero-order valence-electron chi connectivity index (χ0n) is 12.3. The number of hydrogen-bond donors (Lipinski definition) is 1. The van der Waals surface area contributed by atoms with E-state index in [1.54, 1.807) is 11.9 Å². The molecule has 2 saturated heterocycles. The Hall–Kier alpha value is -2.31. The maximum absolute atomic E-state index is 12.2. The van der Waals surface area contributed by atoms with Crippen molar-refractivity contribution in [1.82, 2.24) is 14.8 Å². The Bertz CT molecular complexity index is 610. The van der Waals surface area contributed by atoms with Crippen LogP contribution < -0.4 is 5.32 Å². The molecule has 0 radical (unpaired) electrons. The fourth-order valence-corrected chi connectivity index (χ4v) is 2.76. The second-order valence-electron chi connectivity index (χ2n) is 5.78. The summed E-state index contributed by atoms with van der Waals surface area (Å²) in [5.41, 5.74) is 1.87. The van der Waals surface area contributed by atoms with E-state index in [-0.39, 0.29) is 12.1 Å². The lowest BCUT2D eigenvalue weighted by Crippen LogP contribution is -2.66. The number of likely N-dealkylation sites (N-methyl/N-ethyl adjacent to an activating group) is 1. The Labute approximate surface area is 122 Å². The summed E-state index contributed by atoms with van der Waals surface area (Å²) in [7, 11) is 1.70. The number of urea groups is 1. The third kappa shape index (κ3) is 2.39. The van der Waals surface area contributed by atoms with E-state index in [0.717, 1.165) is 11.4 Å². The summed E-state index contributed by atoms with van der Waals surface area (Å²) in [6.45, 7) is 5.14. The molecule has 3 rings (SSSR count). The number of ether oxygens (including phenoxy) is 1. The number of carbonyl (C=O) groups is 2. The SMILES string of the molecule is Cc1ccc(NC(=O)N2CC3(CN(C)C(=O)O3)C2)c(C)n1. The molecular weight excluding hydrogens is 272 g/mol. The third-order valence-corrected chi connectivity index (χ3v) is 3.85. The first-order valence-corrected chi connectivity index (χ1v) is 6.83. The van der Waals surface area contributed by atoms with E-state index in [2.05, 4.69) is 10.3 Å². The van der Waals surface area contributed by atoms with E-state index in [1.807, 2.05) is 26.0 Å². The molecule has 21 heavy (non-hydrogen) atoms. The molecule has 112 valence electrons. The maximum atomic E-state index is 12.2. The highest BCUT2D eigenvalue weighted by atomic mass is 16.6. The molecule has 0 saturated carbocycles. The highest BCUT2D eigenvalue weighted by molar-refractivity contribution is 5.90. The lowest BCUT2D eigenvalue weighted by Gasteiger charge is -2.45. The minimum atomic E-state index is -0.524. The number of anilines is 1. The minimum absolute atomic E-state index is 0.194. The summed E-state index contributed by atoms with van der Waals surface area (Å²) in [4.78, 5) is 31.0. The fourth-order valence-electron chi connectivity index (χ4n) is 2.76. The summed E-state index contributed by atoms with van der Waals surface area (Å²) in [5.74, 6) is 0. The Balaban J connectivity index is 1.60. The smallest absolute Gasteiger partial charge is 0.410 e. The summed E-state index contributed by atoms with van der Waals surface area (Å²) in [6, 6.07) is 3.50. The van der Waals surface area contributed by atoms with Crippen LogP contribution in [0.25, 0.3) is 0 Å². The van der Waals surface area contributed by atoms with Gasteiger partial charge in [-0.1, -0.05) is 0 Å². The minimum Gasteiger partial charge on any atom is -0.437 e. The van der Waals surface area contributed by atoms with Crippen LogP contribution in [0.4, 0.5) is 15.3 Å². The number of pyridine rings is 1. The maximum Gasteiger partial charge on any atom is 0.410 e. The fraction of sp³-hybridized carbons (Fsp3) is 0.500. The number of rotatable bonds is 1. The van der Waals surface area contributed by atoms with E-state index in [9.17, 15) is 9.59 Å². The van der Waals surface area contributed by atoms with E-state index < -0.39 is 5.60 Å². The molecule has 2 aliphatic rings. The highest BCUT2D eigenvalue weighted by Gasteiger charge is 2.54. The van der Waals surface area contributed by atoms with Gasteiger partial charge in [-0.15, -0.1) is 0 Å². The molecule has 0 unspecified atom stereocenters. The van der Waals surface area contributed by atoms with Crippen LogP contribution in [0.15, 0.2) is 12.1 Å². The monoisotopic (exact) mass is 290 g/mol. The van der Waals surface area contributed by atoms with Crippen molar-refractivity contribution < 1.29 is 14.3 Å². The second kappa shape index (κ2) is 4.61. The number of likely N-dealkylation sites (tertiary alicyclic amines) is 1. The molecule has 3 amide bonds. The zero-order chi connectivity index (χ0) is 15.2. The first-order valence-electron chi connectivity index (χ1n) is 6.83. The predicted molar refractivity (Wildman–Crippen MR) is 76.1 cm³/mol. The van der Waals surface area contributed by atoms with E-state index in [0.29, 0.717) is 25.3 Å². The van der Waals surface area contributed by atoms with Crippen LogP contribution in [-0.4, -0.2) is 59.2 Å². The van der Waals surface area contributed by atoms with Crippen LogP contribution in [-0.2, 0) is 4.74 Å². The van der Waals surface area contributed by atoms with Crippen molar-refractivity contribution in [3.05, 3.63) is 23.5 Å². The normalized spacial score (nSPS) is 19.5. The number of nitrogens with one attached hydrogen (secondary N) is 1. The van der Waals surface area contributed by atoms with Gasteiger partial charge in [-0.05, 0) is 26.0 Å². The third-order valence-electron chi connectivity index (χ3n) is 3.85. The average molecular weight is 290 g/mol. The Morgan fingerprint density at radius 1 is 1.33 bits per heavy atom. The zero-order valence-corrected chi connectivity index (χ0v) is 12.3. The molecule has 7 nitrogen and oxygen atoms in total. The quantitative estimate of drug-likeness (QED) is 0.847. The molecule has 0 bridgehead atoms. The molecule has 1 spiro atoms. The van der Waals surface area contributed by atoms with Crippen molar-refractivity contribution in [3.63, 3.8) is 0 Å². The van der Waals surface area contributed by atoms with Crippen molar-refractivity contribution in [2.45, 2.75) is 19.4 Å². The number of carbonyl (C=O) groups excluding carboxylic acids is 2. The topological polar surface area (TPSA) is 74.8 Å². The Morgan fingerprint density at radius 2 is 2.05 bits per heavy atom. The van der Waals surface area contributed by atoms with Crippen LogP contribution in [0.2, 0.25) is 0 Å². The van der Waals surface area contributed by atoms with E-state index in [4.69, 9.17) is 4.74 Å². The largest absolute Gasteiger partial charge is 0.437 e. The van der Waals surface area contributed by atoms with Crippen molar-refractivity contribution in [1.29, 1.82) is 0 Å². The highest BCUT2D eigenvalue weighted by Crippen LogP contribution is 2.32. The summed E-state index contributed by atoms with van der Waals surface area (Å²) in [6.07, 6.45) is -0.325. The van der Waals surface area contributed by atoms with Gasteiger partial charge >= 0.3 is 12.1 Å². The Morgan fingerprint density at radius 3 is 2.62 bits per heavy atom. The average Bonchev–Trinajstić information content (AvgIpc) is 2.67. The lowest BCUT2D eigenvalue weighted by atomic mass is 9.95. The van der Waals surface area contributed by atoms with Gasteiger partial charge in [0.25, 0.3) is 0 Å². The number of nitrogens with zero attached hydrogens (tertiary/aromatic N) is 3. The van der Waals surface area contributed by atoms with Crippen LogP contribution in [0, 0.1) is 13.8 Å². The van der Waals surface area contributed by atoms with E-state index in [1.165, 1.54) is 4.90 Å². The molecule has 1 N–H and O–H groups in total. The summed E-state index contributed by atoms with van der Waals surface area (Å²) >= 11 is 0. The van der Waals surface area contributed by atoms with Gasteiger partial charge in [0.2, 0.25) is 0 Å². The molecule has 2 aliphatic heterocycles. The lowest BCUT2D eigenvalue weighted by molar-refractivity contribution is -0.0488. The molecule has 7 heteroatoms. The van der Waals surface area contributed by atoms with Gasteiger partial charge < -0.3 is 19.9 Å². The van der Waals surface area contributed by atoms with Gasteiger partial charge in [0.05, 0.1) is 31.0 Å². The van der Waals surface area contributed by atoms with Gasteiger partial charge in [-0.25, -0.2) is 9.59 Å². The molecule has 3 heterocycles. The molecule has 0 aliphatic carbocycles. The van der Waals surface area contributed by atoms with Crippen LogP contribution >= 0.6 is 0 Å². The van der Waals surface area contributed by atoms with Crippen molar-refractivity contribution >= 4 is 17.8 Å². The summed E-state index contributed by atoms with van der Waals surface area (Å²) in [5, 5.41) is 2.84. The molecule has 1 aromatic heterocycles. The van der Waals surface area contributed by atoms with E-state index >= 15 is 0 Å². The summed E-state index contributed by atoms with van der Waals surface area (Å²) < 4.78 is 5.32. The molecule has 1 aromatic rings. The molecule has 2 fully saturated rings. The molecule has 0 atom stereocenters. The molecule has 0 aromatic carbocycles. The van der Waals surface area contributed by atoms with Crippen LogP contribution in [0.5, 0.6) is 0 Å². The van der Waals surface area contributed by atoms with Gasteiger partial charge in [0.15, 0.2) is 5.60 Å². The van der Waals surface area contributed by atoms with Gasteiger partial charge in [0, 0.05) is 12.7 Å². The number of hydrogen-bond acceptors (Lipinski definition) is 4. The first kappa shape index (κ1) is 13.7. The first-order chi connectivity index (χ1) is 9.88. The van der Waals surface area contributed by atoms with Gasteiger partial charge in [0.1, 0.15) is 0 Å². The number of amides is 3. The van der Waals surface area contributed by atoms with Crippen LogP contribution in [0.3, 0.4) is 0 Å². The van der Waals surface area contributed by atoms with Gasteiger partial charge in [-0.2, -0.15) is 0 Å². The molecular formula is C14H18N4O3. The van der Waals surface area contributed by atoms with Crippen molar-refractivity contribution in [2.24, 2.45) is 0 Å².